The minimum Gasteiger partial charge on any atom is -0.302 e. The molecule has 0 saturated heterocycles. The lowest BCUT2D eigenvalue weighted by atomic mass is 10.4. The molecule has 10 heavy (non-hydrogen) atoms. The van der Waals surface area contributed by atoms with E-state index in [4.69, 9.17) is 0 Å². The van der Waals surface area contributed by atoms with Crippen molar-refractivity contribution in [3.05, 3.63) is 22.4 Å². The molecule has 0 spiro atoms. The maximum absolute atomic E-state index is 9.83. The molecule has 2 heteroatoms. The zero-order chi connectivity index (χ0) is 7.23. The summed E-state index contributed by atoms with van der Waals surface area (Å²) in [6.07, 6.45) is 1.14. The van der Waals surface area contributed by atoms with E-state index >= 15 is 0 Å². The molecule has 0 atom stereocenters. The summed E-state index contributed by atoms with van der Waals surface area (Å²) in [6, 6.07) is 3.87. The SMILES string of the molecule is O=CCC#Cc1cccs1. The first kappa shape index (κ1) is 7.04. The number of aldehydes is 1. The zero-order valence-corrected chi connectivity index (χ0v) is 6.15. The van der Waals surface area contributed by atoms with Crippen LogP contribution in [0.1, 0.15) is 11.3 Å². The summed E-state index contributed by atoms with van der Waals surface area (Å²) < 4.78 is 0. The van der Waals surface area contributed by atoms with Gasteiger partial charge in [0.1, 0.15) is 6.29 Å². The van der Waals surface area contributed by atoms with E-state index in [1.807, 2.05) is 17.5 Å². The van der Waals surface area contributed by atoms with E-state index in [-0.39, 0.29) is 0 Å². The van der Waals surface area contributed by atoms with Crippen molar-refractivity contribution >= 4 is 17.6 Å². The molecule has 1 rings (SSSR count). The molecular formula is C8H6OS. The van der Waals surface area contributed by atoms with Crippen LogP contribution in [-0.4, -0.2) is 6.29 Å². The van der Waals surface area contributed by atoms with Gasteiger partial charge in [0, 0.05) is 0 Å². The fourth-order valence-electron chi connectivity index (χ4n) is 0.529. The van der Waals surface area contributed by atoms with Gasteiger partial charge in [0.15, 0.2) is 0 Å². The monoisotopic (exact) mass is 150 g/mol. The van der Waals surface area contributed by atoms with E-state index in [2.05, 4.69) is 11.8 Å². The quantitative estimate of drug-likeness (QED) is 0.440. The highest BCUT2D eigenvalue weighted by Gasteiger charge is 1.82. The largest absolute Gasteiger partial charge is 0.302 e. The highest BCUT2D eigenvalue weighted by Crippen LogP contribution is 2.05. The zero-order valence-electron chi connectivity index (χ0n) is 5.33. The van der Waals surface area contributed by atoms with Gasteiger partial charge in [0.2, 0.25) is 0 Å². The normalized spacial score (nSPS) is 8.00. The van der Waals surface area contributed by atoms with Gasteiger partial charge in [0.05, 0.1) is 11.3 Å². The smallest absolute Gasteiger partial charge is 0.131 e. The molecule has 0 aliphatic carbocycles. The van der Waals surface area contributed by atoms with Crippen molar-refractivity contribution in [1.82, 2.24) is 0 Å². The van der Waals surface area contributed by atoms with Crippen LogP contribution in [-0.2, 0) is 4.79 Å². The van der Waals surface area contributed by atoms with E-state index < -0.39 is 0 Å². The number of hydrogen-bond donors (Lipinski definition) is 0. The second kappa shape index (κ2) is 3.86. The number of carbonyl (C=O) groups is 1. The molecule has 0 radical (unpaired) electrons. The molecule has 0 unspecified atom stereocenters. The average molecular weight is 150 g/mol. The summed E-state index contributed by atoms with van der Waals surface area (Å²) >= 11 is 1.58. The van der Waals surface area contributed by atoms with Gasteiger partial charge in [0.25, 0.3) is 0 Å². The standard InChI is InChI=1S/C8H6OS/c9-6-2-1-4-8-5-3-7-10-8/h3,5-7H,2H2. The van der Waals surface area contributed by atoms with Gasteiger partial charge in [-0.25, -0.2) is 0 Å². The lowest BCUT2D eigenvalue weighted by Gasteiger charge is -1.72. The molecule has 50 valence electrons. The highest BCUT2D eigenvalue weighted by molar-refractivity contribution is 7.10. The molecule has 0 aliphatic heterocycles. The summed E-state index contributed by atoms with van der Waals surface area (Å²) in [5, 5.41) is 1.96. The van der Waals surface area contributed by atoms with Crippen LogP contribution in [0.25, 0.3) is 0 Å². The Morgan fingerprint density at radius 1 is 1.70 bits per heavy atom. The van der Waals surface area contributed by atoms with Crippen molar-refractivity contribution in [2.45, 2.75) is 6.42 Å². The Hall–Kier alpha value is -1.07. The second-order valence-corrected chi connectivity index (χ2v) is 2.60. The Morgan fingerprint density at radius 3 is 3.20 bits per heavy atom. The summed E-state index contributed by atoms with van der Waals surface area (Å²) in [5.41, 5.74) is 0. The van der Waals surface area contributed by atoms with E-state index in [0.717, 1.165) is 11.2 Å². The lowest BCUT2D eigenvalue weighted by molar-refractivity contribution is -0.107. The first-order valence-electron chi connectivity index (χ1n) is 2.89. The van der Waals surface area contributed by atoms with Gasteiger partial charge in [-0.2, -0.15) is 0 Å². The van der Waals surface area contributed by atoms with Crippen LogP contribution in [0.4, 0.5) is 0 Å². The molecule has 0 fully saturated rings. The van der Waals surface area contributed by atoms with Gasteiger partial charge < -0.3 is 4.79 Å². The van der Waals surface area contributed by atoms with Gasteiger partial charge in [-0.15, -0.1) is 11.3 Å². The van der Waals surface area contributed by atoms with Gasteiger partial charge in [-0.1, -0.05) is 17.9 Å². The van der Waals surface area contributed by atoms with Crippen LogP contribution >= 0.6 is 11.3 Å². The topological polar surface area (TPSA) is 17.1 Å². The van der Waals surface area contributed by atoms with Crippen molar-refractivity contribution < 1.29 is 4.79 Å². The van der Waals surface area contributed by atoms with Crippen LogP contribution in [0.3, 0.4) is 0 Å². The lowest BCUT2D eigenvalue weighted by Crippen LogP contribution is -1.66. The maximum atomic E-state index is 9.83. The van der Waals surface area contributed by atoms with E-state index in [0.29, 0.717) is 6.42 Å². The molecule has 0 N–H and O–H groups in total. The predicted molar refractivity (Wildman–Crippen MR) is 41.9 cm³/mol. The van der Waals surface area contributed by atoms with Crippen molar-refractivity contribution in [2.75, 3.05) is 0 Å². The molecule has 1 aromatic rings. The number of hydrogen-bond acceptors (Lipinski definition) is 2. The van der Waals surface area contributed by atoms with E-state index in [1.54, 1.807) is 11.3 Å². The second-order valence-electron chi connectivity index (χ2n) is 1.65. The molecule has 0 aromatic carbocycles. The molecule has 0 aliphatic rings. The van der Waals surface area contributed by atoms with Crippen LogP contribution in [0.2, 0.25) is 0 Å². The van der Waals surface area contributed by atoms with Gasteiger partial charge in [-0.05, 0) is 11.4 Å². The Balaban J connectivity index is 2.57. The molecule has 0 bridgehead atoms. The van der Waals surface area contributed by atoms with Crippen molar-refractivity contribution in [3.63, 3.8) is 0 Å². The number of carbonyl (C=O) groups excluding carboxylic acids is 1. The Labute approximate surface area is 63.7 Å². The summed E-state index contributed by atoms with van der Waals surface area (Å²) in [7, 11) is 0. The molecule has 1 nitrogen and oxygen atoms in total. The molecular weight excluding hydrogens is 144 g/mol. The highest BCUT2D eigenvalue weighted by atomic mass is 32.1. The van der Waals surface area contributed by atoms with Crippen LogP contribution in [0, 0.1) is 11.8 Å². The van der Waals surface area contributed by atoms with Gasteiger partial charge >= 0.3 is 0 Å². The Kier molecular flexibility index (Phi) is 2.72. The fourth-order valence-corrected chi connectivity index (χ4v) is 1.12. The fraction of sp³-hybridized carbons (Fsp3) is 0.125. The first-order chi connectivity index (χ1) is 4.93. The third-order valence-electron chi connectivity index (χ3n) is 0.918. The van der Waals surface area contributed by atoms with Crippen LogP contribution in [0.5, 0.6) is 0 Å². The minimum atomic E-state index is 0.331. The summed E-state index contributed by atoms with van der Waals surface area (Å²) in [6.45, 7) is 0. The first-order valence-corrected chi connectivity index (χ1v) is 3.77. The van der Waals surface area contributed by atoms with Crippen molar-refractivity contribution in [1.29, 1.82) is 0 Å². The summed E-state index contributed by atoms with van der Waals surface area (Å²) in [4.78, 5) is 10.8. The average Bonchev–Trinajstić information content (AvgIpc) is 2.41. The van der Waals surface area contributed by atoms with E-state index in [1.165, 1.54) is 0 Å². The summed E-state index contributed by atoms with van der Waals surface area (Å²) in [5.74, 6) is 5.59. The van der Waals surface area contributed by atoms with Crippen molar-refractivity contribution in [2.24, 2.45) is 0 Å². The number of thiophene rings is 1. The van der Waals surface area contributed by atoms with Crippen LogP contribution < -0.4 is 0 Å². The molecule has 1 aromatic heterocycles. The van der Waals surface area contributed by atoms with E-state index in [9.17, 15) is 4.79 Å². The Morgan fingerprint density at radius 2 is 2.60 bits per heavy atom. The van der Waals surface area contributed by atoms with Crippen LogP contribution in [0.15, 0.2) is 17.5 Å². The Bertz CT molecular complexity index is 251. The minimum absolute atomic E-state index is 0.331. The number of rotatable bonds is 1. The molecule has 0 saturated carbocycles. The predicted octanol–water partition coefficient (Wildman–Crippen LogP) is 1.69. The third kappa shape index (κ3) is 2.04. The van der Waals surface area contributed by atoms with Crippen molar-refractivity contribution in [3.8, 4) is 11.8 Å². The third-order valence-corrected chi connectivity index (χ3v) is 1.70. The maximum Gasteiger partial charge on any atom is 0.131 e. The van der Waals surface area contributed by atoms with Gasteiger partial charge in [-0.3, -0.25) is 0 Å². The molecule has 0 amide bonds. The molecule has 1 heterocycles.